The lowest BCUT2D eigenvalue weighted by Gasteiger charge is -2.11. The van der Waals surface area contributed by atoms with Crippen LogP contribution in [0.1, 0.15) is 5.56 Å². The molecule has 0 saturated carbocycles. The fourth-order valence-corrected chi connectivity index (χ4v) is 1.61. The first kappa shape index (κ1) is 8.00. The number of para-hydroxylation sites is 1. The Labute approximate surface area is 74.9 Å². The highest BCUT2D eigenvalue weighted by atomic mass is 16.7. The monoisotopic (exact) mass is 179 g/mol. The largest absolute Gasteiger partial charge is 0.306 e. The molecule has 0 fully saturated rings. The first-order valence-electron chi connectivity index (χ1n) is 3.97. The van der Waals surface area contributed by atoms with Crippen molar-refractivity contribution >= 4 is 5.69 Å². The normalized spacial score (nSPS) is 20.1. The molecular formula is C8H9N3O2. The Bertz CT molecular complexity index is 353. The van der Waals surface area contributed by atoms with E-state index >= 15 is 0 Å². The van der Waals surface area contributed by atoms with E-state index in [9.17, 15) is 10.1 Å². The van der Waals surface area contributed by atoms with E-state index in [1.807, 2.05) is 12.1 Å². The third-order valence-electron chi connectivity index (χ3n) is 2.16. The number of benzene rings is 1. The average molecular weight is 179 g/mol. The molecule has 2 rings (SSSR count). The summed E-state index contributed by atoms with van der Waals surface area (Å²) in [6.07, 6.45) is 0.00403. The lowest BCUT2D eigenvalue weighted by atomic mass is 10.2. The van der Waals surface area contributed by atoms with Gasteiger partial charge in [-0.05, 0) is 11.6 Å². The molecule has 2 N–H and O–H groups in total. The molecule has 1 heterocycles. The second-order valence-electron chi connectivity index (χ2n) is 2.98. The van der Waals surface area contributed by atoms with Crippen LogP contribution in [-0.4, -0.2) is 11.2 Å². The average Bonchev–Trinajstić information content (AvgIpc) is 2.39. The summed E-state index contributed by atoms with van der Waals surface area (Å²) in [6.45, 7) is 0. The molecule has 0 aromatic heterocycles. The molecular weight excluding hydrogens is 170 g/mol. The highest BCUT2D eigenvalue weighted by Crippen LogP contribution is 2.29. The van der Waals surface area contributed by atoms with Crippen molar-refractivity contribution in [1.82, 2.24) is 0 Å². The molecule has 1 atom stereocenters. The van der Waals surface area contributed by atoms with Gasteiger partial charge in [0.2, 0.25) is 0 Å². The fraction of sp³-hybridized carbons (Fsp3) is 0.250. The zero-order valence-corrected chi connectivity index (χ0v) is 6.88. The van der Waals surface area contributed by atoms with Gasteiger partial charge in [0.15, 0.2) is 5.03 Å². The van der Waals surface area contributed by atoms with Crippen molar-refractivity contribution in [1.29, 1.82) is 0 Å². The Balaban J connectivity index is 2.46. The van der Waals surface area contributed by atoms with E-state index in [4.69, 9.17) is 5.73 Å². The summed E-state index contributed by atoms with van der Waals surface area (Å²) in [6, 6.07) is 7.20. The van der Waals surface area contributed by atoms with Crippen molar-refractivity contribution in [3.63, 3.8) is 0 Å². The van der Waals surface area contributed by atoms with Gasteiger partial charge in [-0.15, -0.1) is 0 Å². The van der Waals surface area contributed by atoms with Crippen LogP contribution in [0.4, 0.5) is 5.69 Å². The van der Waals surface area contributed by atoms with Gasteiger partial charge in [0.1, 0.15) is 11.9 Å². The van der Waals surface area contributed by atoms with Crippen LogP contribution >= 0.6 is 0 Å². The maximum absolute atomic E-state index is 10.6. The van der Waals surface area contributed by atoms with E-state index in [0.29, 0.717) is 12.1 Å². The predicted octanol–water partition coefficient (Wildman–Crippen LogP) is 0.526. The van der Waals surface area contributed by atoms with E-state index in [0.717, 1.165) is 10.6 Å². The van der Waals surface area contributed by atoms with Crippen LogP contribution < -0.4 is 10.7 Å². The van der Waals surface area contributed by atoms with Gasteiger partial charge in [0, 0.05) is 6.42 Å². The van der Waals surface area contributed by atoms with E-state index in [2.05, 4.69) is 0 Å². The number of hydrazine groups is 1. The maximum Gasteiger partial charge on any atom is 0.166 e. The van der Waals surface area contributed by atoms with Crippen molar-refractivity contribution in [2.45, 2.75) is 12.6 Å². The Morgan fingerprint density at radius 3 is 2.92 bits per heavy atom. The molecule has 0 bridgehead atoms. The minimum absolute atomic E-state index is 0.462. The fourth-order valence-electron chi connectivity index (χ4n) is 1.61. The Morgan fingerprint density at radius 2 is 2.23 bits per heavy atom. The molecule has 0 saturated heterocycles. The molecule has 1 unspecified atom stereocenters. The van der Waals surface area contributed by atoms with Gasteiger partial charge in [-0.1, -0.05) is 23.2 Å². The van der Waals surface area contributed by atoms with Crippen molar-refractivity contribution in [2.24, 2.45) is 5.73 Å². The number of hydrogen-bond donors (Lipinski definition) is 1. The number of hydrogen-bond acceptors (Lipinski definition) is 3. The van der Waals surface area contributed by atoms with Crippen molar-refractivity contribution < 1.29 is 5.03 Å². The number of fused-ring (bicyclic) bond motifs is 1. The van der Waals surface area contributed by atoms with Crippen LogP contribution in [0.25, 0.3) is 0 Å². The van der Waals surface area contributed by atoms with Crippen LogP contribution in [0.5, 0.6) is 0 Å². The zero-order valence-electron chi connectivity index (χ0n) is 6.88. The Kier molecular flexibility index (Phi) is 1.66. The summed E-state index contributed by atoms with van der Waals surface area (Å²) in [5, 5.41) is 11.2. The van der Waals surface area contributed by atoms with Crippen LogP contribution in [0.15, 0.2) is 24.3 Å². The molecule has 1 aliphatic rings. The summed E-state index contributed by atoms with van der Waals surface area (Å²) in [7, 11) is 0. The van der Waals surface area contributed by atoms with E-state index < -0.39 is 11.2 Å². The summed E-state index contributed by atoms with van der Waals surface area (Å²) < 4.78 is 0. The van der Waals surface area contributed by atoms with Crippen LogP contribution in [-0.2, 0) is 6.42 Å². The van der Waals surface area contributed by atoms with Crippen LogP contribution in [0.3, 0.4) is 0 Å². The summed E-state index contributed by atoms with van der Waals surface area (Å²) in [5.41, 5.74) is 7.16. The smallest absolute Gasteiger partial charge is 0.166 e. The molecule has 1 aromatic rings. The lowest BCUT2D eigenvalue weighted by molar-refractivity contribution is -0.498. The number of nitrogens with zero attached hydrogens (tertiary/aromatic N) is 2. The SMILES string of the molecule is NC1Cc2ccccc2N1[N+](=O)[O-]. The topological polar surface area (TPSA) is 72.4 Å². The van der Waals surface area contributed by atoms with Gasteiger partial charge in [-0.25, -0.2) is 10.1 Å². The molecule has 68 valence electrons. The molecule has 0 amide bonds. The minimum Gasteiger partial charge on any atom is -0.306 e. The molecule has 13 heavy (non-hydrogen) atoms. The number of nitro groups is 1. The van der Waals surface area contributed by atoms with Crippen molar-refractivity contribution in [3.8, 4) is 0 Å². The molecule has 0 spiro atoms. The Hall–Kier alpha value is -1.62. The molecule has 5 nitrogen and oxygen atoms in total. The third-order valence-corrected chi connectivity index (χ3v) is 2.16. The standard InChI is InChI=1S/C8H9N3O2/c9-8-5-6-3-1-2-4-7(6)10(8)11(12)13/h1-4,8H,5,9H2. The number of anilines is 1. The molecule has 5 heteroatoms. The zero-order chi connectivity index (χ0) is 9.42. The molecule has 0 radical (unpaired) electrons. The second kappa shape index (κ2) is 2.70. The summed E-state index contributed by atoms with van der Waals surface area (Å²) in [5.74, 6) is 0. The highest BCUT2D eigenvalue weighted by molar-refractivity contribution is 5.56. The summed E-state index contributed by atoms with van der Waals surface area (Å²) >= 11 is 0. The van der Waals surface area contributed by atoms with E-state index in [-0.39, 0.29) is 0 Å². The number of rotatable bonds is 1. The van der Waals surface area contributed by atoms with Crippen molar-refractivity contribution in [2.75, 3.05) is 5.01 Å². The molecule has 0 aliphatic carbocycles. The van der Waals surface area contributed by atoms with Crippen LogP contribution in [0.2, 0.25) is 0 Å². The van der Waals surface area contributed by atoms with E-state index in [1.165, 1.54) is 0 Å². The van der Waals surface area contributed by atoms with Gasteiger partial charge in [0.25, 0.3) is 0 Å². The van der Waals surface area contributed by atoms with E-state index in [1.54, 1.807) is 12.1 Å². The molecule has 1 aliphatic heterocycles. The quantitative estimate of drug-likeness (QED) is 0.504. The summed E-state index contributed by atoms with van der Waals surface area (Å²) in [4.78, 5) is 10.6. The minimum atomic E-state index is -0.535. The van der Waals surface area contributed by atoms with Gasteiger partial charge >= 0.3 is 0 Å². The third kappa shape index (κ3) is 1.13. The number of nitrogens with two attached hydrogens (primary N) is 1. The van der Waals surface area contributed by atoms with Gasteiger partial charge in [-0.3, -0.25) is 0 Å². The maximum atomic E-state index is 10.6. The highest BCUT2D eigenvalue weighted by Gasteiger charge is 2.34. The first-order chi connectivity index (χ1) is 6.20. The predicted molar refractivity (Wildman–Crippen MR) is 47.6 cm³/mol. The Morgan fingerprint density at radius 1 is 1.54 bits per heavy atom. The lowest BCUT2D eigenvalue weighted by Crippen LogP contribution is -2.43. The second-order valence-corrected chi connectivity index (χ2v) is 2.98. The van der Waals surface area contributed by atoms with Gasteiger partial charge in [-0.2, -0.15) is 0 Å². The first-order valence-corrected chi connectivity index (χ1v) is 3.97. The van der Waals surface area contributed by atoms with Crippen molar-refractivity contribution in [3.05, 3.63) is 39.9 Å². The van der Waals surface area contributed by atoms with Gasteiger partial charge in [0.05, 0.1) is 0 Å². The molecule has 1 aromatic carbocycles. The van der Waals surface area contributed by atoms with Crippen LogP contribution in [0, 0.1) is 10.1 Å². The van der Waals surface area contributed by atoms with Gasteiger partial charge < -0.3 is 5.73 Å².